The normalized spacial score (nSPS) is 12.1. The number of benzene rings is 4. The number of nitrogens with one attached hydrogen (secondary N) is 1. The van der Waals surface area contributed by atoms with Gasteiger partial charge in [-0.2, -0.15) is 5.10 Å². The van der Waals surface area contributed by atoms with Crippen molar-refractivity contribution in [1.82, 2.24) is 15.1 Å². The first-order chi connectivity index (χ1) is 24.7. The summed E-state index contributed by atoms with van der Waals surface area (Å²) in [7, 11) is 0. The number of aromatic amines is 1. The number of aryl methyl sites for hydroxylation is 1. The molecule has 1 aliphatic rings. The van der Waals surface area contributed by atoms with E-state index < -0.39 is 29.5 Å². The molecule has 6 rings (SSSR count). The van der Waals surface area contributed by atoms with Gasteiger partial charge in [0.25, 0.3) is 5.91 Å². The highest BCUT2D eigenvalue weighted by molar-refractivity contribution is 6.08. The van der Waals surface area contributed by atoms with Crippen molar-refractivity contribution >= 4 is 29.8 Å². The number of rotatable bonds is 7. The number of hydrogen-bond donors (Lipinski definition) is 3. The number of aromatic nitrogens is 2. The first-order valence-electron chi connectivity index (χ1n) is 16.3. The van der Waals surface area contributed by atoms with E-state index in [2.05, 4.69) is 10.2 Å². The fourth-order valence-electron chi connectivity index (χ4n) is 5.70. The second-order valence-electron chi connectivity index (χ2n) is 13.0. The third-order valence-corrected chi connectivity index (χ3v) is 8.06. The molecule has 2 heterocycles. The molecule has 0 saturated heterocycles. The lowest BCUT2D eigenvalue weighted by Crippen LogP contribution is -2.36. The molecule has 1 aromatic heterocycles. The number of ether oxygens (including phenoxy) is 2. The van der Waals surface area contributed by atoms with Gasteiger partial charge in [-0.25, -0.2) is 19.2 Å². The number of H-pyrrole nitrogens is 1. The topological polar surface area (TPSA) is 176 Å². The maximum Gasteiger partial charge on any atom is 0.361 e. The monoisotopic (exact) mass is 703 g/mol. The number of esters is 2. The van der Waals surface area contributed by atoms with Crippen molar-refractivity contribution in [3.05, 3.63) is 142 Å². The van der Waals surface area contributed by atoms with Gasteiger partial charge in [-0.15, -0.1) is 0 Å². The van der Waals surface area contributed by atoms with Gasteiger partial charge in [-0.1, -0.05) is 48.5 Å². The number of nitrogens with zero attached hydrogens (tertiary/aromatic N) is 2. The van der Waals surface area contributed by atoms with E-state index in [4.69, 9.17) is 9.47 Å². The zero-order chi connectivity index (χ0) is 37.6. The molecule has 52 heavy (non-hydrogen) atoms. The van der Waals surface area contributed by atoms with E-state index in [9.17, 15) is 34.2 Å². The van der Waals surface area contributed by atoms with Crippen LogP contribution in [0.25, 0.3) is 11.1 Å². The lowest BCUT2D eigenvalue weighted by molar-refractivity contribution is 0.00688. The molecule has 12 nitrogen and oxygen atoms in total. The SMILES string of the molecule is Cc1cc(C(=O)O)cc(C(=O)O)c1-c1ccc(C(=O)OC(C)(C)C)cc1C(=O)N1CCc2ccccc2C1.O=C(Oc1ccccc1)c1ccn[nH]1. The van der Waals surface area contributed by atoms with Crippen LogP contribution < -0.4 is 4.74 Å². The summed E-state index contributed by atoms with van der Waals surface area (Å²) in [5.41, 5.74) is 2.54. The van der Waals surface area contributed by atoms with Crippen LogP contribution in [0.5, 0.6) is 5.75 Å². The maximum atomic E-state index is 14.0. The minimum atomic E-state index is -1.33. The summed E-state index contributed by atoms with van der Waals surface area (Å²) >= 11 is 0. The van der Waals surface area contributed by atoms with Gasteiger partial charge in [-0.3, -0.25) is 9.89 Å². The highest BCUT2D eigenvalue weighted by Gasteiger charge is 2.29. The zero-order valence-electron chi connectivity index (χ0n) is 29.0. The number of aromatic carboxylic acids is 2. The second-order valence-corrected chi connectivity index (χ2v) is 13.0. The van der Waals surface area contributed by atoms with E-state index in [-0.39, 0.29) is 33.7 Å². The van der Waals surface area contributed by atoms with Crippen LogP contribution in [-0.2, 0) is 17.7 Å². The van der Waals surface area contributed by atoms with E-state index in [0.29, 0.717) is 42.1 Å². The van der Waals surface area contributed by atoms with Crippen LogP contribution in [0.4, 0.5) is 0 Å². The maximum absolute atomic E-state index is 14.0. The van der Waals surface area contributed by atoms with Crippen molar-refractivity contribution in [2.45, 2.75) is 46.3 Å². The minimum Gasteiger partial charge on any atom is -0.478 e. The van der Waals surface area contributed by atoms with Gasteiger partial charge in [0.2, 0.25) is 0 Å². The Morgan fingerprint density at radius 1 is 0.769 bits per heavy atom. The van der Waals surface area contributed by atoms with Crippen LogP contribution in [0.2, 0.25) is 0 Å². The predicted molar refractivity (Wildman–Crippen MR) is 191 cm³/mol. The average molecular weight is 704 g/mol. The van der Waals surface area contributed by atoms with Crippen molar-refractivity contribution in [2.24, 2.45) is 0 Å². The molecule has 0 bridgehead atoms. The third kappa shape index (κ3) is 8.77. The standard InChI is InChI=1S/C30H29NO7.C10H8N2O2/c1-17-13-21(27(33)34)15-24(28(35)36)25(17)22-10-9-19(29(37)38-30(2,3)4)14-23(22)26(32)31-12-11-18-7-5-6-8-20(18)16-31;13-10(9-6-7-11-12-9)14-8-4-2-1-3-5-8/h5-10,13-15H,11-12,16H2,1-4H3,(H,33,34)(H,35,36);1-7H,(H,11,12). The first-order valence-corrected chi connectivity index (χ1v) is 16.3. The van der Waals surface area contributed by atoms with Crippen LogP contribution in [0.1, 0.15) is 89.4 Å². The Kier molecular flexibility index (Phi) is 11.0. The molecule has 0 saturated carbocycles. The van der Waals surface area contributed by atoms with E-state index >= 15 is 0 Å². The number of hydrogen-bond acceptors (Lipinski definition) is 8. The zero-order valence-corrected chi connectivity index (χ0v) is 29.0. The van der Waals surface area contributed by atoms with Crippen LogP contribution in [0, 0.1) is 6.92 Å². The van der Waals surface area contributed by atoms with Gasteiger partial charge >= 0.3 is 23.9 Å². The summed E-state index contributed by atoms with van der Waals surface area (Å²) in [6, 6.07) is 25.2. The smallest absolute Gasteiger partial charge is 0.361 e. The van der Waals surface area contributed by atoms with E-state index in [0.717, 1.165) is 17.2 Å². The molecular weight excluding hydrogens is 666 g/mol. The number of carboxylic acid groups (broad SMARTS) is 2. The molecule has 0 atom stereocenters. The molecule has 5 aromatic rings. The Bertz CT molecular complexity index is 2140. The Balaban J connectivity index is 0.000000310. The molecule has 1 amide bonds. The highest BCUT2D eigenvalue weighted by atomic mass is 16.6. The van der Waals surface area contributed by atoms with E-state index in [1.165, 1.54) is 30.5 Å². The number of para-hydroxylation sites is 1. The molecule has 1 aliphatic heterocycles. The molecular formula is C40H37N3O9. The molecule has 12 heteroatoms. The molecule has 0 unspecified atom stereocenters. The van der Waals surface area contributed by atoms with Gasteiger partial charge in [-0.05, 0) is 104 Å². The lowest BCUT2D eigenvalue weighted by atomic mass is 9.88. The fraction of sp³-hybridized carbons (Fsp3) is 0.200. The molecule has 0 aliphatic carbocycles. The van der Waals surface area contributed by atoms with Gasteiger partial charge in [0.15, 0.2) is 0 Å². The largest absolute Gasteiger partial charge is 0.478 e. The number of fused-ring (bicyclic) bond motifs is 1. The van der Waals surface area contributed by atoms with Crippen LogP contribution in [0.15, 0.2) is 97.2 Å². The van der Waals surface area contributed by atoms with Crippen LogP contribution in [-0.4, -0.2) is 67.2 Å². The summed E-state index contributed by atoms with van der Waals surface area (Å²) in [5, 5.41) is 25.6. The molecule has 0 radical (unpaired) electrons. The number of carbonyl (C=O) groups is 5. The van der Waals surface area contributed by atoms with Crippen LogP contribution in [0.3, 0.4) is 0 Å². The van der Waals surface area contributed by atoms with Crippen LogP contribution >= 0.6 is 0 Å². The Labute approximate surface area is 299 Å². The van der Waals surface area contributed by atoms with Gasteiger partial charge in [0.05, 0.1) is 16.7 Å². The second kappa shape index (κ2) is 15.5. The summed E-state index contributed by atoms with van der Waals surface area (Å²) in [6.07, 6.45) is 2.16. The molecule has 3 N–H and O–H groups in total. The molecule has 0 spiro atoms. The Morgan fingerprint density at radius 3 is 2.08 bits per heavy atom. The van der Waals surface area contributed by atoms with Crippen molar-refractivity contribution < 1.29 is 43.7 Å². The molecule has 266 valence electrons. The van der Waals surface area contributed by atoms with E-state index in [1.807, 2.05) is 30.3 Å². The first kappa shape index (κ1) is 36.7. The summed E-state index contributed by atoms with van der Waals surface area (Å²) in [5.74, 6) is -3.48. The number of amides is 1. The van der Waals surface area contributed by atoms with Gasteiger partial charge < -0.3 is 24.6 Å². The van der Waals surface area contributed by atoms with Gasteiger partial charge in [0, 0.05) is 24.8 Å². The molecule has 4 aromatic carbocycles. The Hall–Kier alpha value is -6.56. The van der Waals surface area contributed by atoms with Crippen molar-refractivity contribution in [3.8, 4) is 16.9 Å². The third-order valence-electron chi connectivity index (χ3n) is 8.06. The van der Waals surface area contributed by atoms with E-state index in [1.54, 1.807) is 62.9 Å². The van der Waals surface area contributed by atoms with Crippen molar-refractivity contribution in [1.29, 1.82) is 0 Å². The summed E-state index contributed by atoms with van der Waals surface area (Å²) < 4.78 is 10.5. The summed E-state index contributed by atoms with van der Waals surface area (Å²) in [4.78, 5) is 63.7. The van der Waals surface area contributed by atoms with Gasteiger partial charge in [0.1, 0.15) is 17.0 Å². The molecule has 0 fully saturated rings. The van der Waals surface area contributed by atoms with Crippen molar-refractivity contribution in [3.63, 3.8) is 0 Å². The quantitative estimate of drug-likeness (QED) is 0.120. The average Bonchev–Trinajstić information content (AvgIpc) is 3.66. The minimum absolute atomic E-state index is 0.140. The predicted octanol–water partition coefficient (Wildman–Crippen LogP) is 6.84. The fourth-order valence-corrected chi connectivity index (χ4v) is 5.70. The lowest BCUT2D eigenvalue weighted by Gasteiger charge is -2.30. The Morgan fingerprint density at radius 2 is 1.44 bits per heavy atom. The highest BCUT2D eigenvalue weighted by Crippen LogP contribution is 2.34. The summed E-state index contributed by atoms with van der Waals surface area (Å²) in [6.45, 7) is 7.64. The number of carbonyl (C=O) groups excluding carboxylic acids is 3. The number of carboxylic acids is 2. The van der Waals surface area contributed by atoms with Crippen molar-refractivity contribution in [2.75, 3.05) is 6.54 Å².